The first-order chi connectivity index (χ1) is 15.5. The van der Waals surface area contributed by atoms with Gasteiger partial charge in [-0.05, 0) is 47.5 Å². The molecule has 0 atom stereocenters. The average molecular weight is 443 g/mol. The molecular formula is C24H18N4O3S. The van der Waals surface area contributed by atoms with Crippen molar-refractivity contribution in [3.05, 3.63) is 95.4 Å². The highest BCUT2D eigenvalue weighted by Gasteiger charge is 2.17. The Kier molecular flexibility index (Phi) is 4.84. The molecule has 158 valence electrons. The van der Waals surface area contributed by atoms with Gasteiger partial charge in [-0.15, -0.1) is 11.3 Å². The molecule has 3 heterocycles. The fourth-order valence-electron chi connectivity index (χ4n) is 3.78. The van der Waals surface area contributed by atoms with Crippen LogP contribution in [0.3, 0.4) is 0 Å². The Balaban J connectivity index is 1.61. The molecule has 0 aliphatic carbocycles. The lowest BCUT2D eigenvalue weighted by Gasteiger charge is -2.12. The summed E-state index contributed by atoms with van der Waals surface area (Å²) >= 11 is 1.25. The Morgan fingerprint density at radius 2 is 1.88 bits per heavy atom. The van der Waals surface area contributed by atoms with Gasteiger partial charge in [0.15, 0.2) is 0 Å². The SMILES string of the molecule is NC(=O)c1cccc(Cn2c(-c3ccc(-n4ccnc4)cc3)cc3sc(C(=O)O)cc32)c1. The minimum atomic E-state index is -0.945. The van der Waals surface area contributed by atoms with Gasteiger partial charge >= 0.3 is 5.97 Å². The third kappa shape index (κ3) is 3.57. The van der Waals surface area contributed by atoms with Gasteiger partial charge in [0.25, 0.3) is 0 Å². The molecule has 1 amide bonds. The van der Waals surface area contributed by atoms with Crippen LogP contribution in [0.4, 0.5) is 0 Å². The molecule has 3 N–H and O–H groups in total. The molecule has 0 unspecified atom stereocenters. The molecule has 0 saturated heterocycles. The predicted molar refractivity (Wildman–Crippen MR) is 123 cm³/mol. The summed E-state index contributed by atoms with van der Waals surface area (Å²) in [6.45, 7) is 0.471. The molecule has 5 aromatic rings. The quantitative estimate of drug-likeness (QED) is 0.407. The van der Waals surface area contributed by atoms with Crippen molar-refractivity contribution in [2.75, 3.05) is 0 Å². The molecule has 8 heteroatoms. The average Bonchev–Trinajstić information content (AvgIpc) is 3.52. The number of primary amides is 1. The number of hydrogen-bond acceptors (Lipinski definition) is 4. The van der Waals surface area contributed by atoms with Gasteiger partial charge in [-0.25, -0.2) is 9.78 Å². The third-order valence-corrected chi connectivity index (χ3v) is 6.38. The first-order valence-electron chi connectivity index (χ1n) is 9.83. The lowest BCUT2D eigenvalue weighted by atomic mass is 10.1. The van der Waals surface area contributed by atoms with Gasteiger partial charge in [0.2, 0.25) is 5.91 Å². The summed E-state index contributed by atoms with van der Waals surface area (Å²) in [6, 6.07) is 19.0. The van der Waals surface area contributed by atoms with Gasteiger partial charge in [-0.2, -0.15) is 0 Å². The molecule has 32 heavy (non-hydrogen) atoms. The van der Waals surface area contributed by atoms with E-state index < -0.39 is 11.9 Å². The van der Waals surface area contributed by atoms with Crippen LogP contribution in [-0.4, -0.2) is 31.1 Å². The van der Waals surface area contributed by atoms with E-state index in [9.17, 15) is 14.7 Å². The number of imidazole rings is 1. The number of carboxylic acids is 1. The van der Waals surface area contributed by atoms with Crippen LogP contribution in [0.1, 0.15) is 25.6 Å². The molecule has 7 nitrogen and oxygen atoms in total. The normalized spacial score (nSPS) is 11.1. The highest BCUT2D eigenvalue weighted by molar-refractivity contribution is 7.20. The number of aromatic nitrogens is 3. The van der Waals surface area contributed by atoms with Crippen LogP contribution >= 0.6 is 11.3 Å². The van der Waals surface area contributed by atoms with Crippen LogP contribution in [-0.2, 0) is 6.54 Å². The molecule has 0 spiro atoms. The maximum absolute atomic E-state index is 11.6. The van der Waals surface area contributed by atoms with Crippen molar-refractivity contribution in [2.24, 2.45) is 5.73 Å². The Labute approximate surface area is 187 Å². The van der Waals surface area contributed by atoms with Crippen LogP contribution in [0, 0.1) is 0 Å². The zero-order chi connectivity index (χ0) is 22.2. The number of aromatic carboxylic acids is 1. The molecule has 5 rings (SSSR count). The Morgan fingerprint density at radius 1 is 1.06 bits per heavy atom. The van der Waals surface area contributed by atoms with Crippen molar-refractivity contribution in [3.63, 3.8) is 0 Å². The molecule has 0 aliphatic rings. The summed E-state index contributed by atoms with van der Waals surface area (Å²) in [5.74, 6) is -1.43. The molecule has 0 saturated carbocycles. The predicted octanol–water partition coefficient (Wildman–Crippen LogP) is 4.40. The molecule has 0 bridgehead atoms. The van der Waals surface area contributed by atoms with Gasteiger partial charge in [-0.1, -0.05) is 24.3 Å². The fraction of sp³-hybridized carbons (Fsp3) is 0.0417. The van der Waals surface area contributed by atoms with E-state index in [4.69, 9.17) is 5.73 Å². The number of carbonyl (C=O) groups is 2. The Morgan fingerprint density at radius 3 is 2.56 bits per heavy atom. The van der Waals surface area contributed by atoms with Crippen LogP contribution in [0.25, 0.3) is 27.2 Å². The fourth-order valence-corrected chi connectivity index (χ4v) is 4.72. The van der Waals surface area contributed by atoms with Crippen molar-refractivity contribution >= 4 is 33.4 Å². The van der Waals surface area contributed by atoms with Gasteiger partial charge in [0.05, 0.1) is 22.2 Å². The van der Waals surface area contributed by atoms with E-state index in [1.54, 1.807) is 36.8 Å². The van der Waals surface area contributed by atoms with Gasteiger partial charge in [0.1, 0.15) is 4.88 Å². The maximum atomic E-state index is 11.6. The van der Waals surface area contributed by atoms with Crippen molar-refractivity contribution in [2.45, 2.75) is 6.54 Å². The zero-order valence-corrected chi connectivity index (χ0v) is 17.6. The van der Waals surface area contributed by atoms with E-state index in [0.717, 1.165) is 32.7 Å². The molecule has 3 aromatic heterocycles. The second-order valence-corrected chi connectivity index (χ2v) is 8.45. The van der Waals surface area contributed by atoms with E-state index in [2.05, 4.69) is 9.55 Å². The number of benzene rings is 2. The van der Waals surface area contributed by atoms with Crippen molar-refractivity contribution in [1.29, 1.82) is 0 Å². The topological polar surface area (TPSA) is 103 Å². The summed E-state index contributed by atoms with van der Waals surface area (Å²) in [5.41, 5.74) is 10.6. The lowest BCUT2D eigenvalue weighted by Crippen LogP contribution is -2.11. The number of amides is 1. The zero-order valence-electron chi connectivity index (χ0n) is 16.8. The number of carbonyl (C=O) groups excluding carboxylic acids is 1. The van der Waals surface area contributed by atoms with E-state index in [0.29, 0.717) is 12.1 Å². The third-order valence-electron chi connectivity index (χ3n) is 5.32. The number of nitrogens with zero attached hydrogens (tertiary/aromatic N) is 3. The second kappa shape index (κ2) is 7.82. The van der Waals surface area contributed by atoms with Crippen LogP contribution in [0.15, 0.2) is 79.4 Å². The summed E-state index contributed by atoms with van der Waals surface area (Å²) in [7, 11) is 0. The first-order valence-corrected chi connectivity index (χ1v) is 10.6. The second-order valence-electron chi connectivity index (χ2n) is 7.36. The number of rotatable bonds is 6. The van der Waals surface area contributed by atoms with Crippen molar-refractivity contribution in [3.8, 4) is 16.9 Å². The number of thiophene rings is 1. The number of fused-ring (bicyclic) bond motifs is 1. The van der Waals surface area contributed by atoms with Gasteiger partial charge < -0.3 is 20.0 Å². The first kappa shape index (κ1) is 19.8. The van der Waals surface area contributed by atoms with E-state index in [-0.39, 0.29) is 4.88 Å². The highest BCUT2D eigenvalue weighted by Crippen LogP contribution is 2.35. The molecule has 0 radical (unpaired) electrons. The summed E-state index contributed by atoms with van der Waals surface area (Å²) in [5, 5.41) is 9.43. The van der Waals surface area contributed by atoms with E-state index in [1.807, 2.05) is 47.2 Å². The van der Waals surface area contributed by atoms with Crippen LogP contribution in [0.2, 0.25) is 0 Å². The highest BCUT2D eigenvalue weighted by atomic mass is 32.1. The summed E-state index contributed by atoms with van der Waals surface area (Å²) in [4.78, 5) is 27.5. The minimum Gasteiger partial charge on any atom is -0.477 e. The number of nitrogens with two attached hydrogens (primary N) is 1. The molecule has 2 aromatic carbocycles. The Hall–Kier alpha value is -4.17. The summed E-state index contributed by atoms with van der Waals surface area (Å²) < 4.78 is 4.89. The Bertz CT molecular complexity index is 1450. The molecule has 0 fully saturated rings. The number of hydrogen-bond donors (Lipinski definition) is 2. The molecule has 0 aliphatic heterocycles. The summed E-state index contributed by atoms with van der Waals surface area (Å²) in [6.07, 6.45) is 5.35. The van der Waals surface area contributed by atoms with Crippen molar-refractivity contribution in [1.82, 2.24) is 14.1 Å². The van der Waals surface area contributed by atoms with Crippen LogP contribution in [0.5, 0.6) is 0 Å². The maximum Gasteiger partial charge on any atom is 0.345 e. The monoisotopic (exact) mass is 442 g/mol. The van der Waals surface area contributed by atoms with Gasteiger partial charge in [-0.3, -0.25) is 4.79 Å². The molecular weight excluding hydrogens is 424 g/mol. The van der Waals surface area contributed by atoms with E-state index in [1.165, 1.54) is 11.3 Å². The van der Waals surface area contributed by atoms with Crippen LogP contribution < -0.4 is 5.73 Å². The minimum absolute atomic E-state index is 0.289. The smallest absolute Gasteiger partial charge is 0.345 e. The van der Waals surface area contributed by atoms with Crippen molar-refractivity contribution < 1.29 is 14.7 Å². The number of carboxylic acid groups (broad SMARTS) is 1. The van der Waals surface area contributed by atoms with E-state index >= 15 is 0 Å². The lowest BCUT2D eigenvalue weighted by molar-refractivity contribution is 0.0702. The largest absolute Gasteiger partial charge is 0.477 e. The standard InChI is InChI=1S/C24H18N4O3S/c25-23(29)17-3-1-2-15(10-17)13-28-19(11-21-20(28)12-22(32-21)24(30)31)16-4-6-18(7-5-16)27-9-8-26-14-27/h1-12,14H,13H2,(H2,25,29)(H,30,31). The van der Waals surface area contributed by atoms with Gasteiger partial charge in [0, 0.05) is 30.2 Å².